The molecule has 1 unspecified atom stereocenters. The fourth-order valence-corrected chi connectivity index (χ4v) is 3.73. The molecule has 2 aliphatic rings. The lowest BCUT2D eigenvalue weighted by molar-refractivity contribution is 0.0208. The largest absolute Gasteiger partial charge is 0.391 e. The minimum atomic E-state index is -0.0496. The van der Waals surface area contributed by atoms with E-state index < -0.39 is 0 Å². The summed E-state index contributed by atoms with van der Waals surface area (Å²) in [5.41, 5.74) is 0. The molecule has 1 N–H and O–H groups in total. The summed E-state index contributed by atoms with van der Waals surface area (Å²) in [7, 11) is 0. The monoisotopic (exact) mass is 239 g/mol. The van der Waals surface area contributed by atoms with Crippen molar-refractivity contribution >= 4 is 0 Å². The number of hydrogen-bond donors (Lipinski definition) is 1. The maximum Gasteiger partial charge on any atom is 0.0695 e. The Morgan fingerprint density at radius 2 is 1.82 bits per heavy atom. The average Bonchev–Trinajstić information content (AvgIpc) is 2.56. The van der Waals surface area contributed by atoms with E-state index in [0.717, 1.165) is 12.3 Å². The van der Waals surface area contributed by atoms with Gasteiger partial charge in [0.1, 0.15) is 0 Å². The van der Waals surface area contributed by atoms with E-state index in [0.29, 0.717) is 6.04 Å². The van der Waals surface area contributed by atoms with Gasteiger partial charge in [0, 0.05) is 6.04 Å². The van der Waals surface area contributed by atoms with Crippen molar-refractivity contribution in [1.29, 1.82) is 0 Å². The molecule has 2 rings (SSSR count). The number of nitrogens with zero attached hydrogens (tertiary/aromatic N) is 1. The molecule has 1 aliphatic carbocycles. The van der Waals surface area contributed by atoms with Crippen LogP contribution in [0.1, 0.15) is 64.7 Å². The Labute approximate surface area is 106 Å². The molecule has 2 nitrogen and oxygen atoms in total. The molecule has 17 heavy (non-hydrogen) atoms. The second-order valence-electron chi connectivity index (χ2n) is 6.04. The van der Waals surface area contributed by atoms with Gasteiger partial charge in [-0.3, -0.25) is 4.90 Å². The van der Waals surface area contributed by atoms with E-state index in [-0.39, 0.29) is 6.10 Å². The molecule has 0 aromatic carbocycles. The zero-order chi connectivity index (χ0) is 12.1. The smallest absolute Gasteiger partial charge is 0.0695 e. The lowest BCUT2D eigenvalue weighted by Crippen LogP contribution is -2.45. The van der Waals surface area contributed by atoms with E-state index in [4.69, 9.17) is 0 Å². The normalized spacial score (nSPS) is 36.7. The fraction of sp³-hybridized carbons (Fsp3) is 1.00. The van der Waals surface area contributed by atoms with Crippen molar-refractivity contribution in [2.24, 2.45) is 5.92 Å². The molecule has 2 heteroatoms. The minimum absolute atomic E-state index is 0.0496. The van der Waals surface area contributed by atoms with E-state index >= 15 is 0 Å². The topological polar surface area (TPSA) is 23.5 Å². The van der Waals surface area contributed by atoms with E-state index in [1.165, 1.54) is 64.5 Å². The summed E-state index contributed by atoms with van der Waals surface area (Å²) in [4.78, 5) is 2.60. The molecule has 0 spiro atoms. The third-order valence-corrected chi connectivity index (χ3v) is 4.74. The van der Waals surface area contributed by atoms with Gasteiger partial charge in [-0.15, -0.1) is 0 Å². The summed E-state index contributed by atoms with van der Waals surface area (Å²) in [5.74, 6) is 0.950. The van der Waals surface area contributed by atoms with E-state index in [1.54, 1.807) is 0 Å². The van der Waals surface area contributed by atoms with Crippen molar-refractivity contribution in [2.75, 3.05) is 13.1 Å². The van der Waals surface area contributed by atoms with Crippen molar-refractivity contribution in [2.45, 2.75) is 76.9 Å². The van der Waals surface area contributed by atoms with Gasteiger partial charge in [-0.25, -0.2) is 0 Å². The first-order valence-electron chi connectivity index (χ1n) is 7.73. The average molecular weight is 239 g/mol. The fourth-order valence-electron chi connectivity index (χ4n) is 3.73. The number of hydrogen-bond acceptors (Lipinski definition) is 2. The van der Waals surface area contributed by atoms with Crippen LogP contribution in [-0.2, 0) is 0 Å². The molecule has 0 aromatic rings. The van der Waals surface area contributed by atoms with Gasteiger partial charge in [0.05, 0.1) is 6.10 Å². The molecular weight excluding hydrogens is 210 g/mol. The Morgan fingerprint density at radius 1 is 1.00 bits per heavy atom. The molecule has 1 aliphatic heterocycles. The molecule has 1 heterocycles. The minimum Gasteiger partial charge on any atom is -0.391 e. The van der Waals surface area contributed by atoms with Crippen LogP contribution in [0, 0.1) is 5.92 Å². The van der Waals surface area contributed by atoms with Crippen LogP contribution in [-0.4, -0.2) is 35.2 Å². The molecular formula is C15H29NO. The highest BCUT2D eigenvalue weighted by Gasteiger charge is 2.29. The second kappa shape index (κ2) is 6.75. The summed E-state index contributed by atoms with van der Waals surface area (Å²) in [6.07, 6.45) is 11.6. The number of aliphatic hydroxyl groups excluding tert-OH is 1. The maximum absolute atomic E-state index is 10.1. The number of likely N-dealkylation sites (tertiary alicyclic amines) is 1. The van der Waals surface area contributed by atoms with Crippen molar-refractivity contribution in [3.8, 4) is 0 Å². The van der Waals surface area contributed by atoms with Gasteiger partial charge in [-0.05, 0) is 51.1 Å². The summed E-state index contributed by atoms with van der Waals surface area (Å²) < 4.78 is 0. The van der Waals surface area contributed by atoms with Gasteiger partial charge in [0.15, 0.2) is 0 Å². The summed E-state index contributed by atoms with van der Waals surface area (Å²) in [6.45, 7) is 4.75. The van der Waals surface area contributed by atoms with Crippen LogP contribution < -0.4 is 0 Å². The van der Waals surface area contributed by atoms with Crippen LogP contribution in [0.5, 0.6) is 0 Å². The highest BCUT2D eigenvalue weighted by molar-refractivity contribution is 4.84. The van der Waals surface area contributed by atoms with Gasteiger partial charge < -0.3 is 5.11 Å². The summed E-state index contributed by atoms with van der Waals surface area (Å²) >= 11 is 0. The van der Waals surface area contributed by atoms with Crippen LogP contribution in [0.4, 0.5) is 0 Å². The predicted molar refractivity (Wildman–Crippen MR) is 72.1 cm³/mol. The lowest BCUT2D eigenvalue weighted by atomic mass is 9.91. The van der Waals surface area contributed by atoms with Crippen LogP contribution in [0.15, 0.2) is 0 Å². The van der Waals surface area contributed by atoms with Gasteiger partial charge in [0.25, 0.3) is 0 Å². The second-order valence-corrected chi connectivity index (χ2v) is 6.04. The van der Waals surface area contributed by atoms with Gasteiger partial charge in [-0.1, -0.05) is 32.6 Å². The van der Waals surface area contributed by atoms with Crippen LogP contribution >= 0.6 is 0 Å². The molecule has 100 valence electrons. The molecule has 2 fully saturated rings. The third kappa shape index (κ3) is 3.69. The van der Waals surface area contributed by atoms with Crippen LogP contribution in [0.2, 0.25) is 0 Å². The molecule has 1 saturated carbocycles. The van der Waals surface area contributed by atoms with E-state index in [9.17, 15) is 5.11 Å². The Bertz CT molecular complexity index is 219. The van der Waals surface area contributed by atoms with E-state index in [2.05, 4.69) is 11.8 Å². The van der Waals surface area contributed by atoms with Crippen LogP contribution in [0.3, 0.4) is 0 Å². The first-order valence-corrected chi connectivity index (χ1v) is 7.73. The Kier molecular flexibility index (Phi) is 5.30. The van der Waals surface area contributed by atoms with Crippen LogP contribution in [0.25, 0.3) is 0 Å². The predicted octanol–water partition coefficient (Wildman–Crippen LogP) is 3.19. The van der Waals surface area contributed by atoms with Gasteiger partial charge in [-0.2, -0.15) is 0 Å². The first kappa shape index (κ1) is 13.4. The van der Waals surface area contributed by atoms with Crippen molar-refractivity contribution < 1.29 is 5.11 Å². The maximum atomic E-state index is 10.1. The summed E-state index contributed by atoms with van der Waals surface area (Å²) in [5, 5.41) is 10.1. The molecule has 0 aromatic heterocycles. The zero-order valence-electron chi connectivity index (χ0n) is 11.4. The first-order chi connectivity index (χ1) is 8.31. The Balaban J connectivity index is 1.84. The lowest BCUT2D eigenvalue weighted by Gasteiger charge is -2.37. The van der Waals surface area contributed by atoms with Gasteiger partial charge >= 0.3 is 0 Å². The highest BCUT2D eigenvalue weighted by atomic mass is 16.3. The SMILES string of the molecule is CCCC1CCCN([C@H]2CCCC[C@@H]2O)CC1. The molecule has 0 radical (unpaired) electrons. The molecule has 3 atom stereocenters. The highest BCUT2D eigenvalue weighted by Crippen LogP contribution is 2.28. The quantitative estimate of drug-likeness (QED) is 0.817. The number of aliphatic hydroxyl groups is 1. The Morgan fingerprint density at radius 3 is 2.59 bits per heavy atom. The standard InChI is InChI=1S/C15H29NO/c1-2-6-13-7-5-11-16(12-10-13)14-8-3-4-9-15(14)17/h13-15,17H,2-12H2,1H3/t13?,14-,15-/m0/s1. The van der Waals surface area contributed by atoms with Crippen molar-refractivity contribution in [1.82, 2.24) is 4.90 Å². The molecule has 0 bridgehead atoms. The molecule has 0 amide bonds. The summed E-state index contributed by atoms with van der Waals surface area (Å²) in [6, 6.07) is 0.476. The molecule has 1 saturated heterocycles. The van der Waals surface area contributed by atoms with Crippen molar-refractivity contribution in [3.05, 3.63) is 0 Å². The zero-order valence-corrected chi connectivity index (χ0v) is 11.4. The number of rotatable bonds is 3. The van der Waals surface area contributed by atoms with Crippen molar-refractivity contribution in [3.63, 3.8) is 0 Å². The van der Waals surface area contributed by atoms with Gasteiger partial charge in [0.2, 0.25) is 0 Å². The van der Waals surface area contributed by atoms with E-state index in [1.807, 2.05) is 0 Å². The third-order valence-electron chi connectivity index (χ3n) is 4.74. The Hall–Kier alpha value is -0.0800.